The monoisotopic (exact) mass is 350 g/mol. The summed E-state index contributed by atoms with van der Waals surface area (Å²) < 4.78 is 28.1. The van der Waals surface area contributed by atoms with Crippen LogP contribution < -0.4 is 0 Å². The van der Waals surface area contributed by atoms with Gasteiger partial charge in [0.25, 0.3) is 0 Å². The van der Waals surface area contributed by atoms with Gasteiger partial charge in [0.05, 0.1) is 16.1 Å². The zero-order chi connectivity index (χ0) is 17.8. The summed E-state index contributed by atoms with van der Waals surface area (Å²) >= 11 is 0. The Balaban J connectivity index is 2.03. The van der Waals surface area contributed by atoms with Crippen LogP contribution in [0.5, 0.6) is 0 Å². The van der Waals surface area contributed by atoms with E-state index in [0.29, 0.717) is 5.69 Å². The molecule has 2 aromatic heterocycles. The van der Waals surface area contributed by atoms with E-state index in [-0.39, 0.29) is 9.92 Å². The molecule has 0 bridgehead atoms. The van der Waals surface area contributed by atoms with Gasteiger partial charge in [0.15, 0.2) is 5.03 Å². The van der Waals surface area contributed by atoms with E-state index in [1.165, 1.54) is 0 Å². The van der Waals surface area contributed by atoms with Crippen LogP contribution in [0, 0.1) is 13.8 Å². The third-order valence-electron chi connectivity index (χ3n) is 4.64. The Kier molecular flexibility index (Phi) is 3.44. The van der Waals surface area contributed by atoms with E-state index in [9.17, 15) is 8.42 Å². The summed E-state index contributed by atoms with van der Waals surface area (Å²) in [6, 6.07) is 16.6. The smallest absolute Gasteiger partial charge is 0.223 e. The number of nitrogens with zero attached hydrogens (tertiary/aromatic N) is 2. The lowest BCUT2D eigenvalue weighted by Gasteiger charge is -2.07. The first-order valence-corrected chi connectivity index (χ1v) is 9.54. The number of hydrogen-bond donors (Lipinski definition) is 0. The molecule has 0 unspecified atom stereocenters. The molecule has 2 heterocycles. The fourth-order valence-electron chi connectivity index (χ4n) is 3.36. The summed E-state index contributed by atoms with van der Waals surface area (Å²) in [5, 5.41) is 2.04. The SMILES string of the molecule is Cc1ccc(S(=O)(=O)c2cc3c4ccccc4n(C)c3c(C)n2)cc1. The number of para-hydroxylation sites is 1. The second kappa shape index (κ2) is 5.43. The molecule has 0 radical (unpaired) electrons. The van der Waals surface area contributed by atoms with E-state index < -0.39 is 9.84 Å². The third-order valence-corrected chi connectivity index (χ3v) is 6.29. The van der Waals surface area contributed by atoms with Gasteiger partial charge in [-0.15, -0.1) is 0 Å². The summed E-state index contributed by atoms with van der Waals surface area (Å²) in [6.45, 7) is 3.79. The Morgan fingerprint density at radius 2 is 1.60 bits per heavy atom. The zero-order valence-electron chi connectivity index (χ0n) is 14.3. The van der Waals surface area contributed by atoms with Gasteiger partial charge in [-0.1, -0.05) is 35.9 Å². The van der Waals surface area contributed by atoms with Crippen LogP contribution in [-0.4, -0.2) is 18.0 Å². The summed E-state index contributed by atoms with van der Waals surface area (Å²) in [7, 11) is -1.67. The van der Waals surface area contributed by atoms with Crippen LogP contribution in [0.15, 0.2) is 64.5 Å². The van der Waals surface area contributed by atoms with Crippen LogP contribution in [0.3, 0.4) is 0 Å². The molecule has 0 N–H and O–H groups in total. The van der Waals surface area contributed by atoms with Crippen molar-refractivity contribution in [1.29, 1.82) is 0 Å². The first-order valence-electron chi connectivity index (χ1n) is 8.06. The predicted molar refractivity (Wildman–Crippen MR) is 99.6 cm³/mol. The van der Waals surface area contributed by atoms with Crippen LogP contribution in [-0.2, 0) is 16.9 Å². The number of fused-ring (bicyclic) bond motifs is 3. The number of sulfone groups is 1. The van der Waals surface area contributed by atoms with Crippen molar-refractivity contribution in [3.8, 4) is 0 Å². The molecule has 0 amide bonds. The average molecular weight is 350 g/mol. The third kappa shape index (κ3) is 2.35. The minimum Gasteiger partial charge on any atom is -0.342 e. The minimum atomic E-state index is -3.65. The fraction of sp³-hybridized carbons (Fsp3) is 0.150. The number of benzene rings is 2. The van der Waals surface area contributed by atoms with Crippen LogP contribution >= 0.6 is 0 Å². The first kappa shape index (κ1) is 15.8. The molecule has 25 heavy (non-hydrogen) atoms. The van der Waals surface area contributed by atoms with Crippen molar-refractivity contribution in [2.75, 3.05) is 0 Å². The lowest BCUT2D eigenvalue weighted by atomic mass is 10.2. The lowest BCUT2D eigenvalue weighted by Crippen LogP contribution is -2.06. The standard InChI is InChI=1S/C20H18N2O2S/c1-13-8-10-15(11-9-13)25(23,24)19-12-17-16-6-4-5-7-18(16)22(3)20(17)14(2)21-19/h4-12H,1-3H3. The van der Waals surface area contributed by atoms with Crippen molar-refractivity contribution in [2.24, 2.45) is 7.05 Å². The largest absolute Gasteiger partial charge is 0.342 e. The number of aromatic nitrogens is 2. The molecule has 0 spiro atoms. The molecule has 0 saturated carbocycles. The van der Waals surface area contributed by atoms with Gasteiger partial charge in [0, 0.05) is 23.3 Å². The van der Waals surface area contributed by atoms with Gasteiger partial charge in [-0.25, -0.2) is 13.4 Å². The van der Waals surface area contributed by atoms with Crippen LogP contribution in [0.1, 0.15) is 11.3 Å². The second-order valence-corrected chi connectivity index (χ2v) is 8.23. The van der Waals surface area contributed by atoms with Gasteiger partial charge < -0.3 is 4.57 Å². The Morgan fingerprint density at radius 1 is 0.920 bits per heavy atom. The van der Waals surface area contributed by atoms with E-state index in [0.717, 1.165) is 27.4 Å². The highest BCUT2D eigenvalue weighted by Crippen LogP contribution is 2.32. The summed E-state index contributed by atoms with van der Waals surface area (Å²) in [5.41, 5.74) is 3.76. The van der Waals surface area contributed by atoms with E-state index in [4.69, 9.17) is 0 Å². The maximum absolute atomic E-state index is 13.0. The van der Waals surface area contributed by atoms with E-state index in [1.54, 1.807) is 30.3 Å². The fourth-order valence-corrected chi connectivity index (χ4v) is 4.62. The molecule has 0 atom stereocenters. The van der Waals surface area contributed by atoms with E-state index >= 15 is 0 Å². The van der Waals surface area contributed by atoms with Crippen molar-refractivity contribution in [3.05, 3.63) is 65.9 Å². The molecule has 4 rings (SSSR count). The Bertz CT molecular complexity index is 1220. The molecule has 4 aromatic rings. The van der Waals surface area contributed by atoms with Crippen LogP contribution in [0.4, 0.5) is 0 Å². The van der Waals surface area contributed by atoms with Crippen LogP contribution in [0.2, 0.25) is 0 Å². The topological polar surface area (TPSA) is 52.0 Å². The predicted octanol–water partition coefficient (Wildman–Crippen LogP) is 4.18. The second-order valence-electron chi connectivity index (χ2n) is 6.33. The van der Waals surface area contributed by atoms with Crippen molar-refractivity contribution >= 4 is 31.6 Å². The first-order chi connectivity index (χ1) is 11.9. The molecular formula is C20H18N2O2S. The Morgan fingerprint density at radius 3 is 2.32 bits per heavy atom. The number of pyridine rings is 1. The zero-order valence-corrected chi connectivity index (χ0v) is 15.1. The van der Waals surface area contributed by atoms with E-state index in [2.05, 4.69) is 9.55 Å². The highest BCUT2D eigenvalue weighted by molar-refractivity contribution is 7.91. The number of hydrogen-bond acceptors (Lipinski definition) is 3. The quantitative estimate of drug-likeness (QED) is 0.545. The maximum Gasteiger partial charge on any atom is 0.223 e. The van der Waals surface area contributed by atoms with Gasteiger partial charge in [-0.3, -0.25) is 0 Å². The molecule has 0 saturated heterocycles. The van der Waals surface area contributed by atoms with Crippen molar-refractivity contribution in [1.82, 2.24) is 9.55 Å². The Hall–Kier alpha value is -2.66. The van der Waals surface area contributed by atoms with Gasteiger partial charge in [-0.05, 0) is 38.1 Å². The van der Waals surface area contributed by atoms with Gasteiger partial charge in [0.1, 0.15) is 0 Å². The Labute approximate surface area is 146 Å². The lowest BCUT2D eigenvalue weighted by molar-refractivity contribution is 0.592. The molecule has 0 fully saturated rings. The normalized spacial score (nSPS) is 12.1. The summed E-state index contributed by atoms with van der Waals surface area (Å²) in [6.07, 6.45) is 0. The summed E-state index contributed by atoms with van der Waals surface area (Å²) in [5.74, 6) is 0. The van der Waals surface area contributed by atoms with Crippen molar-refractivity contribution in [3.63, 3.8) is 0 Å². The molecule has 4 nitrogen and oxygen atoms in total. The molecule has 2 aromatic carbocycles. The highest BCUT2D eigenvalue weighted by atomic mass is 32.2. The van der Waals surface area contributed by atoms with Crippen molar-refractivity contribution in [2.45, 2.75) is 23.8 Å². The number of rotatable bonds is 2. The average Bonchev–Trinajstić information content (AvgIpc) is 2.89. The molecule has 0 aliphatic heterocycles. The molecule has 0 aliphatic rings. The minimum absolute atomic E-state index is 0.0951. The van der Waals surface area contributed by atoms with Gasteiger partial charge >= 0.3 is 0 Å². The van der Waals surface area contributed by atoms with Crippen LogP contribution in [0.25, 0.3) is 21.8 Å². The van der Waals surface area contributed by atoms with Gasteiger partial charge in [0.2, 0.25) is 9.84 Å². The molecule has 0 aliphatic carbocycles. The molecular weight excluding hydrogens is 332 g/mol. The maximum atomic E-state index is 13.0. The molecule has 5 heteroatoms. The van der Waals surface area contributed by atoms with Gasteiger partial charge in [-0.2, -0.15) is 0 Å². The van der Waals surface area contributed by atoms with E-state index in [1.807, 2.05) is 45.2 Å². The molecule has 126 valence electrons. The summed E-state index contributed by atoms with van der Waals surface area (Å²) in [4.78, 5) is 4.69. The number of aryl methyl sites for hydroxylation is 3. The highest BCUT2D eigenvalue weighted by Gasteiger charge is 2.22. The van der Waals surface area contributed by atoms with Crippen molar-refractivity contribution < 1.29 is 8.42 Å².